The van der Waals surface area contributed by atoms with Crippen molar-refractivity contribution in [2.24, 2.45) is 23.7 Å². The number of epoxide rings is 1. The van der Waals surface area contributed by atoms with Gasteiger partial charge in [0.1, 0.15) is 17.4 Å². The summed E-state index contributed by atoms with van der Waals surface area (Å²) >= 11 is 0. The van der Waals surface area contributed by atoms with Gasteiger partial charge in [0, 0.05) is 51.6 Å². The van der Waals surface area contributed by atoms with Crippen LogP contribution >= 0.6 is 0 Å². The van der Waals surface area contributed by atoms with E-state index < -0.39 is 23.5 Å². The molecule has 206 valence electrons. The molecule has 0 bridgehead atoms. The molecular weight excluding hydrogens is 460 g/mol. The van der Waals surface area contributed by atoms with Crippen LogP contribution in [0.2, 0.25) is 0 Å². The SMILES string of the molecule is CCCCCC(=O)C[C@H](C(=O)N[C@@H](CN(C)C(C)=O)C(=O)C[C@@H](CC(C)C)C(=O)[C@@]1(C)CO1)C(C)C. The van der Waals surface area contributed by atoms with Crippen LogP contribution in [0.3, 0.4) is 0 Å². The lowest BCUT2D eigenvalue weighted by atomic mass is 9.83. The third-order valence-corrected chi connectivity index (χ3v) is 7.02. The van der Waals surface area contributed by atoms with Crippen LogP contribution in [0.25, 0.3) is 0 Å². The number of unbranched alkanes of at least 4 members (excludes halogenated alkanes) is 2. The van der Waals surface area contributed by atoms with Crippen molar-refractivity contribution in [1.29, 1.82) is 0 Å². The summed E-state index contributed by atoms with van der Waals surface area (Å²) < 4.78 is 5.34. The second-order valence-corrected chi connectivity index (χ2v) is 11.4. The van der Waals surface area contributed by atoms with Gasteiger partial charge < -0.3 is 15.0 Å². The van der Waals surface area contributed by atoms with E-state index in [1.54, 1.807) is 14.0 Å². The molecule has 0 aromatic rings. The largest absolute Gasteiger partial charge is 0.362 e. The molecular formula is C28H48N2O6. The quantitative estimate of drug-likeness (QED) is 0.223. The molecule has 8 nitrogen and oxygen atoms in total. The fraction of sp³-hybridized carbons (Fsp3) is 0.821. The van der Waals surface area contributed by atoms with Crippen LogP contribution in [0.1, 0.15) is 93.4 Å². The molecule has 0 unspecified atom stereocenters. The van der Waals surface area contributed by atoms with Gasteiger partial charge in [-0.2, -0.15) is 0 Å². The summed E-state index contributed by atoms with van der Waals surface area (Å²) in [6.07, 6.45) is 3.86. The molecule has 1 heterocycles. The number of likely N-dealkylation sites (N-methyl/N-ethyl adjacent to an activating group) is 1. The summed E-state index contributed by atoms with van der Waals surface area (Å²) in [6.45, 7) is 13.3. The lowest BCUT2D eigenvalue weighted by Crippen LogP contribution is -2.51. The number of hydrogen-bond donors (Lipinski definition) is 1. The van der Waals surface area contributed by atoms with E-state index >= 15 is 0 Å². The molecule has 1 aliphatic rings. The van der Waals surface area contributed by atoms with Crippen molar-refractivity contribution in [1.82, 2.24) is 10.2 Å². The molecule has 0 aliphatic carbocycles. The Balaban J connectivity index is 3.03. The zero-order chi connectivity index (χ0) is 27.6. The summed E-state index contributed by atoms with van der Waals surface area (Å²) in [5, 5.41) is 2.83. The predicted molar refractivity (Wildman–Crippen MR) is 139 cm³/mol. The summed E-state index contributed by atoms with van der Waals surface area (Å²) in [7, 11) is 1.57. The predicted octanol–water partition coefficient (Wildman–Crippen LogP) is 3.74. The highest BCUT2D eigenvalue weighted by Gasteiger charge is 2.50. The Labute approximate surface area is 217 Å². The van der Waals surface area contributed by atoms with E-state index in [1.165, 1.54) is 11.8 Å². The number of amides is 2. The van der Waals surface area contributed by atoms with Crippen molar-refractivity contribution in [3.8, 4) is 0 Å². The average molecular weight is 509 g/mol. The van der Waals surface area contributed by atoms with E-state index in [0.717, 1.165) is 19.3 Å². The van der Waals surface area contributed by atoms with Crippen molar-refractivity contribution in [3.05, 3.63) is 0 Å². The topological polar surface area (TPSA) is 113 Å². The Bertz CT molecular complexity index is 787. The number of carbonyl (C=O) groups excluding carboxylic acids is 5. The lowest BCUT2D eigenvalue weighted by molar-refractivity contribution is -0.137. The van der Waals surface area contributed by atoms with Crippen LogP contribution in [-0.4, -0.2) is 65.9 Å². The van der Waals surface area contributed by atoms with Gasteiger partial charge in [0.05, 0.1) is 6.61 Å². The monoisotopic (exact) mass is 508 g/mol. The van der Waals surface area contributed by atoms with Crippen LogP contribution in [0, 0.1) is 23.7 Å². The van der Waals surface area contributed by atoms with Crippen molar-refractivity contribution in [2.75, 3.05) is 20.2 Å². The minimum Gasteiger partial charge on any atom is -0.362 e. The maximum atomic E-state index is 13.5. The number of rotatable bonds is 18. The molecule has 0 radical (unpaired) electrons. The van der Waals surface area contributed by atoms with Crippen molar-refractivity contribution in [3.63, 3.8) is 0 Å². The number of carbonyl (C=O) groups is 5. The second-order valence-electron chi connectivity index (χ2n) is 11.4. The Morgan fingerprint density at radius 2 is 1.64 bits per heavy atom. The van der Waals surface area contributed by atoms with Crippen LogP contribution in [0.5, 0.6) is 0 Å². The van der Waals surface area contributed by atoms with Crippen molar-refractivity contribution >= 4 is 29.2 Å². The third kappa shape index (κ3) is 10.5. The Hall–Kier alpha value is -2.09. The first kappa shape index (κ1) is 31.9. The number of ketones is 3. The highest BCUT2D eigenvalue weighted by atomic mass is 16.6. The number of nitrogens with zero attached hydrogens (tertiary/aromatic N) is 1. The zero-order valence-corrected chi connectivity index (χ0v) is 23.6. The molecule has 1 saturated heterocycles. The third-order valence-electron chi connectivity index (χ3n) is 7.02. The molecule has 4 atom stereocenters. The van der Waals surface area contributed by atoms with E-state index in [-0.39, 0.29) is 60.4 Å². The molecule has 36 heavy (non-hydrogen) atoms. The molecule has 0 aromatic heterocycles. The Kier molecular flexibility index (Phi) is 13.0. The van der Waals surface area contributed by atoms with Crippen molar-refractivity contribution in [2.45, 2.75) is 105 Å². The Morgan fingerprint density at radius 1 is 1.03 bits per heavy atom. The fourth-order valence-electron chi connectivity index (χ4n) is 4.38. The van der Waals surface area contributed by atoms with Crippen LogP contribution < -0.4 is 5.32 Å². The summed E-state index contributed by atoms with van der Waals surface area (Å²) in [4.78, 5) is 65.6. The molecule has 1 rings (SSSR count). The average Bonchev–Trinajstić information content (AvgIpc) is 3.53. The van der Waals surface area contributed by atoms with E-state index in [9.17, 15) is 24.0 Å². The maximum Gasteiger partial charge on any atom is 0.224 e. The molecule has 0 aromatic carbocycles. The summed E-state index contributed by atoms with van der Waals surface area (Å²) in [5.74, 6) is -1.92. The minimum absolute atomic E-state index is 0.00548. The minimum atomic E-state index is -0.960. The standard InChI is InChI=1S/C28H48N2O6/c1-9-10-11-12-22(32)15-23(19(4)5)27(35)29-24(16-30(8)20(6)31)25(33)14-21(13-18(2)3)26(34)28(7)17-36-28/h18-19,21,23-24H,9-17H2,1-8H3,(H,29,35)/t21-,23+,24+,28-/m1/s1. The number of ether oxygens (including phenoxy) is 1. The first-order chi connectivity index (χ1) is 16.7. The van der Waals surface area contributed by atoms with Gasteiger partial charge in [0.2, 0.25) is 11.8 Å². The normalized spacial score (nSPS) is 19.5. The first-order valence-electron chi connectivity index (χ1n) is 13.5. The number of Topliss-reactive ketones (excluding diaryl/α,β-unsaturated/α-hetero) is 3. The highest BCUT2D eigenvalue weighted by molar-refractivity contribution is 5.97. The number of nitrogens with one attached hydrogen (secondary N) is 1. The van der Waals surface area contributed by atoms with Gasteiger partial charge in [0.15, 0.2) is 11.6 Å². The van der Waals surface area contributed by atoms with E-state index in [0.29, 0.717) is 19.4 Å². The van der Waals surface area contributed by atoms with Crippen LogP contribution in [-0.2, 0) is 28.7 Å². The van der Waals surface area contributed by atoms with Gasteiger partial charge in [0.25, 0.3) is 0 Å². The van der Waals surface area contributed by atoms with Gasteiger partial charge >= 0.3 is 0 Å². The second kappa shape index (κ2) is 14.6. The lowest BCUT2D eigenvalue weighted by Gasteiger charge is -2.28. The summed E-state index contributed by atoms with van der Waals surface area (Å²) in [5.41, 5.74) is -0.838. The maximum absolute atomic E-state index is 13.5. The molecule has 1 N–H and O–H groups in total. The van der Waals surface area contributed by atoms with Gasteiger partial charge in [-0.25, -0.2) is 0 Å². The smallest absolute Gasteiger partial charge is 0.224 e. The molecule has 8 heteroatoms. The van der Waals surface area contributed by atoms with E-state index in [4.69, 9.17) is 4.74 Å². The van der Waals surface area contributed by atoms with Gasteiger partial charge in [-0.1, -0.05) is 47.5 Å². The first-order valence-corrected chi connectivity index (χ1v) is 13.5. The molecule has 0 saturated carbocycles. The van der Waals surface area contributed by atoms with E-state index in [1.807, 2.05) is 27.7 Å². The molecule has 1 fully saturated rings. The zero-order valence-electron chi connectivity index (χ0n) is 23.6. The van der Waals surface area contributed by atoms with Crippen molar-refractivity contribution < 1.29 is 28.7 Å². The fourth-order valence-corrected chi connectivity index (χ4v) is 4.38. The van der Waals surface area contributed by atoms with Crippen LogP contribution in [0.15, 0.2) is 0 Å². The van der Waals surface area contributed by atoms with Gasteiger partial charge in [-0.05, 0) is 31.6 Å². The molecule has 0 spiro atoms. The molecule has 1 aliphatic heterocycles. The highest BCUT2D eigenvalue weighted by Crippen LogP contribution is 2.34. The van der Waals surface area contributed by atoms with Crippen LogP contribution in [0.4, 0.5) is 0 Å². The van der Waals surface area contributed by atoms with Gasteiger partial charge in [-0.3, -0.25) is 24.0 Å². The molecule has 2 amide bonds. The van der Waals surface area contributed by atoms with E-state index in [2.05, 4.69) is 12.2 Å². The number of hydrogen-bond acceptors (Lipinski definition) is 6. The summed E-state index contributed by atoms with van der Waals surface area (Å²) in [6, 6.07) is -0.960. The van der Waals surface area contributed by atoms with Gasteiger partial charge in [-0.15, -0.1) is 0 Å². The Morgan fingerprint density at radius 3 is 2.11 bits per heavy atom.